The number of para-hydroxylation sites is 3. The van der Waals surface area contributed by atoms with E-state index in [1.807, 2.05) is 143 Å². The molecule has 0 fully saturated rings. The first kappa shape index (κ1) is 88.4. The molecule has 21 aromatic carbocycles. The molecular weight excluding hydrogens is 1890 g/mol. The lowest BCUT2D eigenvalue weighted by atomic mass is 10.0. The summed E-state index contributed by atoms with van der Waals surface area (Å²) in [5.74, 6) is 5.81. The average molecular weight is 1970 g/mol. The highest BCUT2D eigenvalue weighted by Crippen LogP contribution is 2.49. The molecule has 0 radical (unpaired) electrons. The van der Waals surface area contributed by atoms with E-state index in [1.165, 1.54) is 143 Å². The standard InChI is InChI=1S/C51H32N4S.C45H28N4S.C39H24N4S/c1-3-11-33(12-4-1)35-19-23-37(24-20-35)49-52-50(38-25-21-36(22-26-38)34-13-5-2-6-14-34)54-51(53-49)39-27-29-40(30-28-39)55-45-17-9-7-15-41(45)43-31-32-44-42-16-8-10-18-46(42)56-48(44)47(43)55;1-3-11-29(12-4-1)30-19-21-32(22-20-30)44-46-43(31-13-5-2-6-14-31)47-45(48-44)33-23-25-34(26-24-33)49-39-17-9-7-15-35(39)37-27-28-38-36-16-8-10-18-40(36)50-42(38)41(37)49;1-3-11-25(12-4-1)37-40-38(26-13-5-2-6-14-26)42-39(41-37)27-19-21-28(22-20-27)43-33-17-9-7-15-29(33)31-23-24-32-30-16-8-10-18-34(30)44-36(32)35(31)43/h1-32H;1-28H;1-24H. The van der Waals surface area contributed by atoms with Crippen LogP contribution in [0.15, 0.2) is 510 Å². The molecule has 702 valence electrons. The summed E-state index contributed by atoms with van der Waals surface area (Å²) in [6.07, 6.45) is 0. The van der Waals surface area contributed by atoms with Crippen molar-refractivity contribution in [2.75, 3.05) is 0 Å². The lowest BCUT2D eigenvalue weighted by Crippen LogP contribution is -2.00. The topological polar surface area (TPSA) is 131 Å². The Balaban J connectivity index is 0.000000109. The fraction of sp³-hybridized carbons (Fsp3) is 0. The lowest BCUT2D eigenvalue weighted by Gasteiger charge is -2.11. The van der Waals surface area contributed by atoms with Gasteiger partial charge in [0.25, 0.3) is 0 Å². The van der Waals surface area contributed by atoms with E-state index in [1.54, 1.807) is 0 Å². The minimum absolute atomic E-state index is 0.630. The van der Waals surface area contributed by atoms with Crippen molar-refractivity contribution < 1.29 is 0 Å². The van der Waals surface area contributed by atoms with Gasteiger partial charge in [-0.1, -0.05) is 400 Å². The predicted molar refractivity (Wildman–Crippen MR) is 626 cm³/mol. The highest BCUT2D eigenvalue weighted by molar-refractivity contribution is 7.27. The number of fused-ring (bicyclic) bond motifs is 21. The van der Waals surface area contributed by atoms with Crippen molar-refractivity contribution >= 4 is 160 Å². The number of aromatic nitrogens is 12. The van der Waals surface area contributed by atoms with E-state index >= 15 is 0 Å². The summed E-state index contributed by atoms with van der Waals surface area (Å²) in [7, 11) is 0. The Labute approximate surface area is 874 Å². The van der Waals surface area contributed by atoms with Crippen LogP contribution in [0, 0.1) is 0 Å². The Morgan fingerprint density at radius 3 is 0.507 bits per heavy atom. The van der Waals surface area contributed by atoms with Crippen LogP contribution in [-0.4, -0.2) is 58.6 Å². The molecule has 0 aliphatic heterocycles. The van der Waals surface area contributed by atoms with Crippen LogP contribution in [0.25, 0.3) is 279 Å². The predicted octanol–water partition coefficient (Wildman–Crippen LogP) is 36.0. The van der Waals surface area contributed by atoms with E-state index in [-0.39, 0.29) is 0 Å². The third kappa shape index (κ3) is 16.0. The maximum Gasteiger partial charge on any atom is 0.164 e. The van der Waals surface area contributed by atoms with Crippen molar-refractivity contribution in [1.29, 1.82) is 0 Å². The van der Waals surface area contributed by atoms with Gasteiger partial charge in [0.05, 0.1) is 47.2 Å². The zero-order valence-electron chi connectivity index (χ0n) is 80.6. The van der Waals surface area contributed by atoms with Crippen molar-refractivity contribution in [3.05, 3.63) is 510 Å². The van der Waals surface area contributed by atoms with E-state index in [0.717, 1.165) is 83.8 Å². The van der Waals surface area contributed by atoms with E-state index in [2.05, 4.69) is 414 Å². The first-order chi connectivity index (χ1) is 74.3. The molecule has 30 rings (SSSR count). The highest BCUT2D eigenvalue weighted by atomic mass is 32.1. The van der Waals surface area contributed by atoms with Crippen molar-refractivity contribution in [1.82, 2.24) is 58.6 Å². The van der Waals surface area contributed by atoms with Crippen LogP contribution in [0.3, 0.4) is 0 Å². The van der Waals surface area contributed by atoms with E-state index in [9.17, 15) is 0 Å². The normalized spacial score (nSPS) is 11.6. The molecule has 30 aromatic rings. The third-order valence-electron chi connectivity index (χ3n) is 28.4. The fourth-order valence-electron chi connectivity index (χ4n) is 21.2. The molecule has 0 N–H and O–H groups in total. The van der Waals surface area contributed by atoms with Crippen molar-refractivity contribution in [3.63, 3.8) is 0 Å². The second-order valence-corrected chi connectivity index (χ2v) is 40.5. The molecule has 0 aliphatic carbocycles. The summed E-state index contributed by atoms with van der Waals surface area (Å²) in [6.45, 7) is 0. The van der Waals surface area contributed by atoms with Gasteiger partial charge in [-0.2, -0.15) is 0 Å². The Morgan fingerprint density at radius 2 is 0.280 bits per heavy atom. The second-order valence-electron chi connectivity index (χ2n) is 37.4. The van der Waals surface area contributed by atoms with Gasteiger partial charge >= 0.3 is 0 Å². The van der Waals surface area contributed by atoms with E-state index < -0.39 is 0 Å². The molecule has 0 amide bonds. The Hall–Kier alpha value is -19.3. The fourth-order valence-corrected chi connectivity index (χ4v) is 24.9. The van der Waals surface area contributed by atoms with Crippen LogP contribution in [0.1, 0.15) is 0 Å². The molecule has 9 aromatic heterocycles. The summed E-state index contributed by atoms with van der Waals surface area (Å²) in [5.41, 5.74) is 26.0. The molecule has 9 heterocycles. The van der Waals surface area contributed by atoms with Crippen LogP contribution >= 0.6 is 34.0 Å². The smallest absolute Gasteiger partial charge is 0.164 e. The molecule has 12 nitrogen and oxygen atoms in total. The summed E-state index contributed by atoms with van der Waals surface area (Å²) in [6, 6.07) is 179. The minimum Gasteiger partial charge on any atom is -0.308 e. The van der Waals surface area contributed by atoms with Crippen LogP contribution in [0.5, 0.6) is 0 Å². The number of nitrogens with zero attached hydrogens (tertiary/aromatic N) is 12. The van der Waals surface area contributed by atoms with Crippen molar-refractivity contribution in [2.24, 2.45) is 0 Å². The molecular formula is C135H84N12S3. The number of hydrogen-bond donors (Lipinski definition) is 0. The first-order valence-electron chi connectivity index (χ1n) is 50.1. The molecule has 0 atom stereocenters. The van der Waals surface area contributed by atoms with E-state index in [4.69, 9.17) is 44.9 Å². The average Bonchev–Trinajstić information content (AvgIpc) is 1.57. The Bertz CT molecular complexity index is 10200. The third-order valence-corrected chi connectivity index (χ3v) is 32.0. The molecule has 0 saturated heterocycles. The molecule has 0 spiro atoms. The summed E-state index contributed by atoms with van der Waals surface area (Å²) >= 11 is 5.60. The van der Waals surface area contributed by atoms with Gasteiger partial charge in [-0.3, -0.25) is 0 Å². The minimum atomic E-state index is 0.630. The molecule has 0 saturated carbocycles. The largest absolute Gasteiger partial charge is 0.308 e. The molecule has 0 unspecified atom stereocenters. The van der Waals surface area contributed by atoms with Gasteiger partial charge in [-0.15, -0.1) is 34.0 Å². The molecule has 0 bridgehead atoms. The van der Waals surface area contributed by atoms with Crippen LogP contribution in [0.4, 0.5) is 0 Å². The van der Waals surface area contributed by atoms with Gasteiger partial charge in [-0.05, 0) is 143 Å². The monoisotopic (exact) mass is 1970 g/mol. The SMILES string of the molecule is c1ccc(-c2ccc(-c3nc(-c4ccc(-c5ccccc5)cc4)nc(-c4ccc(-n5c6ccccc6c6ccc7c8ccccc8sc7c65)cc4)n3)cc2)cc1.c1ccc(-c2ccc(-c3nc(-c4ccccc4)nc(-c4ccc(-n5c6ccccc6c6ccc7c8ccccc8sc7c65)cc4)n3)cc2)cc1.c1ccc(-c2nc(-c3ccccc3)nc(-c3ccc(-n4c5ccccc5c5ccc6c7ccccc7sc6c54)cc3)n2)cc1. The van der Waals surface area contributed by atoms with Crippen LogP contribution in [0.2, 0.25) is 0 Å². The van der Waals surface area contributed by atoms with Gasteiger partial charge in [0, 0.05) is 146 Å². The lowest BCUT2D eigenvalue weighted by molar-refractivity contribution is 1.07. The summed E-state index contributed by atoms with van der Waals surface area (Å²) in [5, 5.41) is 15.3. The maximum atomic E-state index is 5.10. The van der Waals surface area contributed by atoms with Gasteiger partial charge in [0.2, 0.25) is 0 Å². The van der Waals surface area contributed by atoms with E-state index in [0.29, 0.717) is 52.4 Å². The number of rotatable bonds is 15. The molecule has 15 heteroatoms. The Kier molecular flexibility index (Phi) is 22.2. The van der Waals surface area contributed by atoms with Crippen LogP contribution < -0.4 is 0 Å². The first-order valence-corrected chi connectivity index (χ1v) is 52.6. The number of benzene rings is 21. The maximum absolute atomic E-state index is 5.10. The summed E-state index contributed by atoms with van der Waals surface area (Å²) < 4.78 is 15.0. The zero-order valence-corrected chi connectivity index (χ0v) is 83.0. The number of thiophene rings is 3. The van der Waals surface area contributed by atoms with Gasteiger partial charge in [-0.25, -0.2) is 44.9 Å². The van der Waals surface area contributed by atoms with Crippen molar-refractivity contribution in [3.8, 4) is 153 Å². The van der Waals surface area contributed by atoms with Gasteiger partial charge in [0.15, 0.2) is 52.4 Å². The molecule has 150 heavy (non-hydrogen) atoms. The van der Waals surface area contributed by atoms with Gasteiger partial charge in [0.1, 0.15) is 0 Å². The highest BCUT2D eigenvalue weighted by Gasteiger charge is 2.26. The zero-order chi connectivity index (χ0) is 99.1. The quantitative estimate of drug-likeness (QED) is 0.0984. The Morgan fingerprint density at radius 1 is 0.120 bits per heavy atom. The van der Waals surface area contributed by atoms with Crippen LogP contribution in [-0.2, 0) is 0 Å². The number of hydrogen-bond acceptors (Lipinski definition) is 12. The van der Waals surface area contributed by atoms with Crippen molar-refractivity contribution in [2.45, 2.75) is 0 Å². The summed E-state index contributed by atoms with van der Waals surface area (Å²) in [4.78, 5) is 44.9. The molecule has 0 aliphatic rings. The second kappa shape index (κ2) is 37.7. The van der Waals surface area contributed by atoms with Gasteiger partial charge < -0.3 is 13.7 Å².